The lowest BCUT2D eigenvalue weighted by Gasteiger charge is -2.18. The molecule has 0 aliphatic heterocycles. The summed E-state index contributed by atoms with van der Waals surface area (Å²) >= 11 is 0. The van der Waals surface area contributed by atoms with Gasteiger partial charge in [-0.05, 0) is 12.3 Å². The highest BCUT2D eigenvalue weighted by Gasteiger charge is 2.23. The van der Waals surface area contributed by atoms with Gasteiger partial charge in [-0.15, -0.1) is 0 Å². The molecule has 0 saturated carbocycles. The van der Waals surface area contributed by atoms with Crippen molar-refractivity contribution in [2.75, 3.05) is 6.54 Å². The Bertz CT molecular complexity index is 423. The third-order valence-corrected chi connectivity index (χ3v) is 2.89. The second-order valence-electron chi connectivity index (χ2n) is 4.31. The number of carboxylic acids is 1. The van der Waals surface area contributed by atoms with Crippen LogP contribution in [-0.2, 0) is 4.79 Å². The topological polar surface area (TPSA) is 124 Å². The van der Waals surface area contributed by atoms with Crippen LogP contribution in [0.1, 0.15) is 24.8 Å². The first kappa shape index (κ1) is 14.1. The molecule has 18 heavy (non-hydrogen) atoms. The monoisotopic (exact) mass is 255 g/mol. The zero-order chi connectivity index (χ0) is 13.9. The van der Waals surface area contributed by atoms with E-state index >= 15 is 0 Å². The van der Waals surface area contributed by atoms with Gasteiger partial charge in [-0.2, -0.15) is 0 Å². The SMILES string of the molecule is CC(CC(CN)C(=O)O)c1c(O)cc(O)cc1O. The molecule has 0 fully saturated rings. The van der Waals surface area contributed by atoms with Crippen LogP contribution in [0.2, 0.25) is 0 Å². The van der Waals surface area contributed by atoms with E-state index in [2.05, 4.69) is 0 Å². The quantitative estimate of drug-likeness (QED) is 0.533. The summed E-state index contributed by atoms with van der Waals surface area (Å²) in [7, 11) is 0. The normalized spacial score (nSPS) is 14.1. The minimum absolute atomic E-state index is 0.0146. The minimum atomic E-state index is -1.01. The maximum absolute atomic E-state index is 10.9. The molecule has 2 unspecified atom stereocenters. The molecule has 6 heteroatoms. The fraction of sp³-hybridized carbons (Fsp3) is 0.417. The van der Waals surface area contributed by atoms with E-state index in [4.69, 9.17) is 10.8 Å². The summed E-state index contributed by atoms with van der Waals surface area (Å²) < 4.78 is 0. The van der Waals surface area contributed by atoms with Crippen LogP contribution in [0.4, 0.5) is 0 Å². The number of nitrogens with two attached hydrogens (primary N) is 1. The van der Waals surface area contributed by atoms with Gasteiger partial charge in [-0.25, -0.2) is 0 Å². The Kier molecular flexibility index (Phi) is 4.38. The number of aliphatic carboxylic acids is 1. The first-order chi connectivity index (χ1) is 8.36. The smallest absolute Gasteiger partial charge is 0.307 e. The van der Waals surface area contributed by atoms with E-state index in [1.165, 1.54) is 0 Å². The molecule has 1 aromatic carbocycles. The molecule has 0 aliphatic rings. The van der Waals surface area contributed by atoms with Crippen molar-refractivity contribution in [3.8, 4) is 17.2 Å². The van der Waals surface area contributed by atoms with Crippen molar-refractivity contribution in [2.45, 2.75) is 19.3 Å². The van der Waals surface area contributed by atoms with Gasteiger partial charge in [-0.3, -0.25) is 4.79 Å². The molecule has 0 spiro atoms. The summed E-state index contributed by atoms with van der Waals surface area (Å²) in [6.45, 7) is 1.66. The predicted molar refractivity (Wildman–Crippen MR) is 64.6 cm³/mol. The lowest BCUT2D eigenvalue weighted by molar-refractivity contribution is -0.141. The largest absolute Gasteiger partial charge is 0.508 e. The van der Waals surface area contributed by atoms with E-state index in [9.17, 15) is 20.1 Å². The fourth-order valence-electron chi connectivity index (χ4n) is 1.96. The summed E-state index contributed by atoms with van der Waals surface area (Å²) in [6, 6.07) is 2.20. The molecule has 1 rings (SSSR count). The number of carboxylic acid groups (broad SMARTS) is 1. The van der Waals surface area contributed by atoms with Crippen molar-refractivity contribution in [1.82, 2.24) is 0 Å². The van der Waals surface area contributed by atoms with Crippen LogP contribution in [0.15, 0.2) is 12.1 Å². The Morgan fingerprint density at radius 2 is 1.78 bits per heavy atom. The number of carbonyl (C=O) groups is 1. The summed E-state index contributed by atoms with van der Waals surface area (Å²) in [5.41, 5.74) is 5.57. The molecule has 0 aromatic heterocycles. The van der Waals surface area contributed by atoms with E-state index in [-0.39, 0.29) is 35.8 Å². The third kappa shape index (κ3) is 3.04. The van der Waals surface area contributed by atoms with Gasteiger partial charge in [0.1, 0.15) is 17.2 Å². The summed E-state index contributed by atoms with van der Waals surface area (Å²) in [6.07, 6.45) is 0.192. The molecule has 1 aromatic rings. The first-order valence-electron chi connectivity index (χ1n) is 5.54. The maximum Gasteiger partial charge on any atom is 0.307 e. The first-order valence-corrected chi connectivity index (χ1v) is 5.54. The minimum Gasteiger partial charge on any atom is -0.508 e. The zero-order valence-corrected chi connectivity index (χ0v) is 10.00. The molecule has 0 amide bonds. The van der Waals surface area contributed by atoms with Crippen molar-refractivity contribution < 1.29 is 25.2 Å². The van der Waals surface area contributed by atoms with Crippen LogP contribution in [0.5, 0.6) is 17.2 Å². The van der Waals surface area contributed by atoms with Crippen molar-refractivity contribution >= 4 is 5.97 Å². The molecular weight excluding hydrogens is 238 g/mol. The second-order valence-corrected chi connectivity index (χ2v) is 4.31. The Morgan fingerprint density at radius 1 is 1.28 bits per heavy atom. The van der Waals surface area contributed by atoms with Gasteiger partial charge in [0, 0.05) is 24.2 Å². The number of phenols is 3. The van der Waals surface area contributed by atoms with Crippen molar-refractivity contribution in [3.05, 3.63) is 17.7 Å². The fourth-order valence-corrected chi connectivity index (χ4v) is 1.96. The van der Waals surface area contributed by atoms with Crippen molar-refractivity contribution in [3.63, 3.8) is 0 Å². The van der Waals surface area contributed by atoms with Crippen LogP contribution >= 0.6 is 0 Å². The highest BCUT2D eigenvalue weighted by atomic mass is 16.4. The lowest BCUT2D eigenvalue weighted by atomic mass is 9.89. The lowest BCUT2D eigenvalue weighted by Crippen LogP contribution is -2.24. The molecule has 6 nitrogen and oxygen atoms in total. The molecule has 0 aliphatic carbocycles. The zero-order valence-electron chi connectivity index (χ0n) is 10.00. The van der Waals surface area contributed by atoms with E-state index in [0.29, 0.717) is 0 Å². The van der Waals surface area contributed by atoms with Gasteiger partial charge >= 0.3 is 5.97 Å². The van der Waals surface area contributed by atoms with Gasteiger partial charge in [0.2, 0.25) is 0 Å². The van der Waals surface area contributed by atoms with E-state index in [1.807, 2.05) is 0 Å². The maximum atomic E-state index is 10.9. The second kappa shape index (κ2) is 5.59. The predicted octanol–water partition coefficient (Wildman–Crippen LogP) is 0.957. The Hall–Kier alpha value is -1.95. The van der Waals surface area contributed by atoms with E-state index in [0.717, 1.165) is 12.1 Å². The number of phenolic OH excluding ortho intramolecular Hbond substituents is 3. The molecule has 0 radical (unpaired) electrons. The number of rotatable bonds is 5. The molecule has 0 heterocycles. The Labute approximate surface area is 104 Å². The average Bonchev–Trinajstić information content (AvgIpc) is 2.23. The van der Waals surface area contributed by atoms with Crippen LogP contribution < -0.4 is 5.73 Å². The molecular formula is C12H17NO5. The summed E-state index contributed by atoms with van der Waals surface area (Å²) in [4.78, 5) is 10.9. The van der Waals surface area contributed by atoms with Crippen molar-refractivity contribution in [2.24, 2.45) is 11.7 Å². The molecule has 6 N–H and O–H groups in total. The molecule has 2 atom stereocenters. The molecule has 0 bridgehead atoms. The number of hydrogen-bond donors (Lipinski definition) is 5. The Morgan fingerprint density at radius 3 is 2.17 bits per heavy atom. The number of benzene rings is 1. The van der Waals surface area contributed by atoms with E-state index in [1.54, 1.807) is 6.92 Å². The number of aromatic hydroxyl groups is 3. The number of hydrogen-bond acceptors (Lipinski definition) is 5. The molecule has 0 saturated heterocycles. The highest BCUT2D eigenvalue weighted by Crippen LogP contribution is 2.39. The van der Waals surface area contributed by atoms with Gasteiger partial charge in [-0.1, -0.05) is 6.92 Å². The van der Waals surface area contributed by atoms with Crippen molar-refractivity contribution in [1.29, 1.82) is 0 Å². The van der Waals surface area contributed by atoms with Gasteiger partial charge in [0.25, 0.3) is 0 Å². The van der Waals surface area contributed by atoms with Crippen LogP contribution in [-0.4, -0.2) is 32.9 Å². The Balaban J connectivity index is 2.97. The van der Waals surface area contributed by atoms with E-state index < -0.39 is 17.8 Å². The van der Waals surface area contributed by atoms with Gasteiger partial charge < -0.3 is 26.2 Å². The van der Waals surface area contributed by atoms with Gasteiger partial charge in [0.05, 0.1) is 5.92 Å². The highest BCUT2D eigenvalue weighted by molar-refractivity contribution is 5.70. The van der Waals surface area contributed by atoms with Crippen LogP contribution in [0.25, 0.3) is 0 Å². The standard InChI is InChI=1S/C12H17NO5/c1-6(2-7(5-13)12(17)18)11-9(15)3-8(14)4-10(11)16/h3-4,6-7,14-16H,2,5,13H2,1H3,(H,17,18). The summed E-state index contributed by atoms with van der Waals surface area (Å²) in [5.74, 6) is -2.93. The average molecular weight is 255 g/mol. The van der Waals surface area contributed by atoms with Gasteiger partial charge in [0.15, 0.2) is 0 Å². The van der Waals surface area contributed by atoms with Crippen LogP contribution in [0.3, 0.4) is 0 Å². The third-order valence-electron chi connectivity index (χ3n) is 2.89. The molecule has 100 valence electrons. The summed E-state index contributed by atoms with van der Waals surface area (Å²) in [5, 5.41) is 37.4. The van der Waals surface area contributed by atoms with Crippen LogP contribution in [0, 0.1) is 5.92 Å².